The number of carbonyl (C=O) groups is 1. The molecule has 29 heavy (non-hydrogen) atoms. The van der Waals surface area contributed by atoms with Gasteiger partial charge in [0.2, 0.25) is 10.0 Å². The predicted octanol–water partition coefficient (Wildman–Crippen LogP) is 2.36. The third kappa shape index (κ3) is 4.22. The summed E-state index contributed by atoms with van der Waals surface area (Å²) in [6.07, 6.45) is 0.895. The van der Waals surface area contributed by atoms with Gasteiger partial charge in [-0.3, -0.25) is 9.69 Å². The van der Waals surface area contributed by atoms with E-state index in [1.54, 1.807) is 11.2 Å². The SMILES string of the molecule is CCS(=O)(=O)N1CCN(Cc2cccc(C(=O)N3CCc4ccccc43)c2)CC1. The molecule has 4 rings (SSSR count). The van der Waals surface area contributed by atoms with Crippen molar-refractivity contribution >= 4 is 21.6 Å². The van der Waals surface area contributed by atoms with E-state index in [-0.39, 0.29) is 11.7 Å². The van der Waals surface area contributed by atoms with Gasteiger partial charge in [-0.05, 0) is 42.7 Å². The van der Waals surface area contributed by atoms with Gasteiger partial charge in [0.05, 0.1) is 5.75 Å². The van der Waals surface area contributed by atoms with E-state index in [1.807, 2.05) is 47.4 Å². The first kappa shape index (κ1) is 20.1. The number of piperazine rings is 1. The van der Waals surface area contributed by atoms with Crippen molar-refractivity contribution in [3.05, 3.63) is 65.2 Å². The quantitative estimate of drug-likeness (QED) is 0.755. The van der Waals surface area contributed by atoms with Gasteiger partial charge in [-0.15, -0.1) is 0 Å². The molecule has 2 aliphatic heterocycles. The van der Waals surface area contributed by atoms with E-state index in [9.17, 15) is 13.2 Å². The monoisotopic (exact) mass is 413 g/mol. The number of benzene rings is 2. The summed E-state index contributed by atoms with van der Waals surface area (Å²) in [7, 11) is -3.11. The van der Waals surface area contributed by atoms with Gasteiger partial charge in [-0.1, -0.05) is 30.3 Å². The van der Waals surface area contributed by atoms with E-state index in [0.717, 1.165) is 30.8 Å². The Kier molecular flexibility index (Phi) is 5.72. The number of amides is 1. The summed E-state index contributed by atoms with van der Waals surface area (Å²) < 4.78 is 25.6. The second-order valence-corrected chi connectivity index (χ2v) is 9.87. The number of fused-ring (bicyclic) bond motifs is 1. The molecule has 2 aliphatic rings. The molecule has 6 nitrogen and oxygen atoms in total. The van der Waals surface area contributed by atoms with Crippen LogP contribution in [0.25, 0.3) is 0 Å². The highest BCUT2D eigenvalue weighted by molar-refractivity contribution is 7.89. The van der Waals surface area contributed by atoms with Crippen molar-refractivity contribution < 1.29 is 13.2 Å². The Hall–Kier alpha value is -2.22. The van der Waals surface area contributed by atoms with Crippen LogP contribution in [0.4, 0.5) is 5.69 Å². The molecule has 7 heteroatoms. The van der Waals surface area contributed by atoms with Crippen molar-refractivity contribution in [2.75, 3.05) is 43.4 Å². The molecule has 2 aromatic rings. The molecular formula is C22H27N3O3S. The van der Waals surface area contributed by atoms with Crippen molar-refractivity contribution in [1.82, 2.24) is 9.21 Å². The smallest absolute Gasteiger partial charge is 0.258 e. The largest absolute Gasteiger partial charge is 0.308 e. The Balaban J connectivity index is 1.42. The van der Waals surface area contributed by atoms with Gasteiger partial charge in [0, 0.05) is 50.5 Å². The third-order valence-corrected chi connectivity index (χ3v) is 7.68. The number of hydrogen-bond donors (Lipinski definition) is 0. The Morgan fingerprint density at radius 1 is 0.966 bits per heavy atom. The van der Waals surface area contributed by atoms with E-state index in [2.05, 4.69) is 11.0 Å². The predicted molar refractivity (Wildman–Crippen MR) is 115 cm³/mol. The number of carbonyl (C=O) groups excluding carboxylic acids is 1. The molecule has 1 amide bonds. The first-order chi connectivity index (χ1) is 14.0. The maximum absolute atomic E-state index is 13.1. The number of para-hydroxylation sites is 1. The van der Waals surface area contributed by atoms with Crippen LogP contribution in [0.3, 0.4) is 0 Å². The second-order valence-electron chi connectivity index (χ2n) is 7.61. The normalized spacial score (nSPS) is 18.0. The highest BCUT2D eigenvalue weighted by Crippen LogP contribution is 2.29. The van der Waals surface area contributed by atoms with Crippen molar-refractivity contribution in [3.8, 4) is 0 Å². The topological polar surface area (TPSA) is 60.9 Å². The number of sulfonamides is 1. The highest BCUT2D eigenvalue weighted by Gasteiger charge is 2.27. The van der Waals surface area contributed by atoms with E-state index in [4.69, 9.17) is 0 Å². The van der Waals surface area contributed by atoms with E-state index >= 15 is 0 Å². The molecule has 0 bridgehead atoms. The van der Waals surface area contributed by atoms with Gasteiger partial charge in [0.15, 0.2) is 0 Å². The molecule has 0 unspecified atom stereocenters. The summed E-state index contributed by atoms with van der Waals surface area (Å²) in [5, 5.41) is 0. The molecular weight excluding hydrogens is 386 g/mol. The Labute approximate surface area is 172 Å². The average Bonchev–Trinajstić information content (AvgIpc) is 3.18. The minimum absolute atomic E-state index is 0.0376. The summed E-state index contributed by atoms with van der Waals surface area (Å²) in [6.45, 7) is 5.59. The van der Waals surface area contributed by atoms with Gasteiger partial charge < -0.3 is 4.90 Å². The molecule has 0 radical (unpaired) electrons. The average molecular weight is 414 g/mol. The summed E-state index contributed by atoms with van der Waals surface area (Å²) >= 11 is 0. The zero-order chi connectivity index (χ0) is 20.4. The van der Waals surface area contributed by atoms with Gasteiger partial charge in [-0.2, -0.15) is 4.31 Å². The van der Waals surface area contributed by atoms with Crippen molar-refractivity contribution in [3.63, 3.8) is 0 Å². The van der Waals surface area contributed by atoms with Gasteiger partial charge in [-0.25, -0.2) is 8.42 Å². The zero-order valence-corrected chi connectivity index (χ0v) is 17.6. The zero-order valence-electron chi connectivity index (χ0n) is 16.8. The van der Waals surface area contributed by atoms with E-state index in [1.165, 1.54) is 5.56 Å². The van der Waals surface area contributed by atoms with E-state index < -0.39 is 10.0 Å². The lowest BCUT2D eigenvalue weighted by molar-refractivity contribution is 0.0989. The third-order valence-electron chi connectivity index (χ3n) is 5.80. The molecule has 1 saturated heterocycles. The minimum Gasteiger partial charge on any atom is -0.308 e. The molecule has 0 aromatic heterocycles. The molecule has 0 N–H and O–H groups in total. The van der Waals surface area contributed by atoms with Gasteiger partial charge >= 0.3 is 0 Å². The summed E-state index contributed by atoms with van der Waals surface area (Å²) in [5.74, 6) is 0.187. The van der Waals surface area contributed by atoms with Gasteiger partial charge in [0.1, 0.15) is 0 Å². The Bertz CT molecular complexity index is 998. The molecule has 1 fully saturated rings. The Morgan fingerprint density at radius 2 is 1.72 bits per heavy atom. The molecule has 2 heterocycles. The van der Waals surface area contributed by atoms with Crippen LogP contribution >= 0.6 is 0 Å². The fraction of sp³-hybridized carbons (Fsp3) is 0.409. The van der Waals surface area contributed by atoms with Crippen LogP contribution in [0.5, 0.6) is 0 Å². The molecule has 0 saturated carbocycles. The Morgan fingerprint density at radius 3 is 2.48 bits per heavy atom. The number of hydrogen-bond acceptors (Lipinski definition) is 4. The standard InChI is InChI=1S/C22H27N3O3S/c1-2-29(27,28)24-14-12-23(13-15-24)17-18-6-5-8-20(16-18)22(26)25-11-10-19-7-3-4-9-21(19)25/h3-9,16H,2,10-15,17H2,1H3. The lowest BCUT2D eigenvalue weighted by atomic mass is 10.1. The maximum atomic E-state index is 13.1. The second kappa shape index (κ2) is 8.26. The minimum atomic E-state index is -3.11. The first-order valence-electron chi connectivity index (χ1n) is 10.2. The summed E-state index contributed by atoms with van der Waals surface area (Å²) in [4.78, 5) is 17.2. The fourth-order valence-corrected chi connectivity index (χ4v) is 5.20. The van der Waals surface area contributed by atoms with Crippen LogP contribution in [0.15, 0.2) is 48.5 Å². The van der Waals surface area contributed by atoms with Crippen LogP contribution in [0.2, 0.25) is 0 Å². The molecule has 2 aromatic carbocycles. The first-order valence-corrected chi connectivity index (χ1v) is 11.8. The van der Waals surface area contributed by atoms with Crippen LogP contribution < -0.4 is 4.90 Å². The van der Waals surface area contributed by atoms with Crippen LogP contribution in [-0.4, -0.2) is 62.0 Å². The number of rotatable bonds is 5. The molecule has 0 spiro atoms. The van der Waals surface area contributed by atoms with E-state index in [0.29, 0.717) is 31.7 Å². The summed E-state index contributed by atoms with van der Waals surface area (Å²) in [5.41, 5.74) is 4.01. The number of nitrogens with zero attached hydrogens (tertiary/aromatic N) is 3. The van der Waals surface area contributed by atoms with Crippen LogP contribution in [0, 0.1) is 0 Å². The molecule has 0 atom stereocenters. The van der Waals surface area contributed by atoms with Crippen molar-refractivity contribution in [2.45, 2.75) is 19.9 Å². The lowest BCUT2D eigenvalue weighted by Crippen LogP contribution is -2.48. The molecule has 154 valence electrons. The van der Waals surface area contributed by atoms with Crippen LogP contribution in [0.1, 0.15) is 28.4 Å². The molecule has 0 aliphatic carbocycles. The highest BCUT2D eigenvalue weighted by atomic mass is 32.2. The van der Waals surface area contributed by atoms with Crippen molar-refractivity contribution in [1.29, 1.82) is 0 Å². The summed E-state index contributed by atoms with van der Waals surface area (Å²) in [6, 6.07) is 15.9. The van der Waals surface area contributed by atoms with Crippen LogP contribution in [-0.2, 0) is 23.0 Å². The van der Waals surface area contributed by atoms with Crippen molar-refractivity contribution in [2.24, 2.45) is 0 Å². The number of anilines is 1. The lowest BCUT2D eigenvalue weighted by Gasteiger charge is -2.33. The fourth-order valence-electron chi connectivity index (χ4n) is 4.11. The maximum Gasteiger partial charge on any atom is 0.258 e. The van der Waals surface area contributed by atoms with Gasteiger partial charge in [0.25, 0.3) is 5.91 Å².